The standard InChI is InChI=1S/C38H41N3O/c1-2-12-28-20-22-32(23-21-28)40-38(42)37-36(35(30-14-5-3-6-15-30)31-16-7-4-8-17-31)33-18-9-10-19-34(33)41(37)26-11-13-29-24-25-39-27-29/h3-10,14-23,29,35,39H,2,11-13,24-27H2,1H3,(H,40,42). The van der Waals surface area contributed by atoms with Crippen molar-refractivity contribution in [2.75, 3.05) is 18.4 Å². The van der Waals surface area contributed by atoms with Crippen molar-refractivity contribution in [2.45, 2.75) is 51.5 Å². The van der Waals surface area contributed by atoms with Crippen molar-refractivity contribution in [3.8, 4) is 0 Å². The monoisotopic (exact) mass is 555 g/mol. The van der Waals surface area contributed by atoms with E-state index in [1.807, 2.05) is 12.1 Å². The topological polar surface area (TPSA) is 46.1 Å². The molecule has 1 fully saturated rings. The van der Waals surface area contributed by atoms with E-state index in [9.17, 15) is 4.79 Å². The highest BCUT2D eigenvalue weighted by Gasteiger charge is 2.30. The first-order valence-electron chi connectivity index (χ1n) is 15.5. The van der Waals surface area contributed by atoms with E-state index in [2.05, 4.69) is 119 Å². The summed E-state index contributed by atoms with van der Waals surface area (Å²) in [5, 5.41) is 7.93. The van der Waals surface area contributed by atoms with Crippen molar-refractivity contribution in [1.29, 1.82) is 0 Å². The van der Waals surface area contributed by atoms with E-state index in [1.165, 1.54) is 23.1 Å². The second-order valence-electron chi connectivity index (χ2n) is 11.6. The Morgan fingerprint density at radius 3 is 2.19 bits per heavy atom. The minimum absolute atomic E-state index is 0.0520. The third-order valence-electron chi connectivity index (χ3n) is 8.69. The Labute approximate surface area is 249 Å². The maximum atomic E-state index is 14.5. The molecule has 4 nitrogen and oxygen atoms in total. The van der Waals surface area contributed by atoms with Crippen LogP contribution >= 0.6 is 0 Å². The van der Waals surface area contributed by atoms with Gasteiger partial charge in [-0.1, -0.05) is 104 Å². The zero-order valence-corrected chi connectivity index (χ0v) is 24.6. The first-order chi connectivity index (χ1) is 20.7. The Hall–Kier alpha value is -4.15. The lowest BCUT2D eigenvalue weighted by molar-refractivity contribution is 0.101. The minimum atomic E-state index is -0.0785. The van der Waals surface area contributed by atoms with Gasteiger partial charge in [0.05, 0.1) is 0 Å². The maximum Gasteiger partial charge on any atom is 0.272 e. The lowest BCUT2D eigenvalue weighted by atomic mass is 9.83. The third-order valence-corrected chi connectivity index (χ3v) is 8.69. The van der Waals surface area contributed by atoms with Gasteiger partial charge in [-0.25, -0.2) is 0 Å². The molecule has 1 saturated heterocycles. The van der Waals surface area contributed by atoms with Crippen LogP contribution in [0.1, 0.15) is 71.3 Å². The molecule has 2 heterocycles. The summed E-state index contributed by atoms with van der Waals surface area (Å²) in [4.78, 5) is 14.5. The molecule has 6 rings (SSSR count). The molecule has 1 unspecified atom stereocenters. The predicted molar refractivity (Wildman–Crippen MR) is 174 cm³/mol. The van der Waals surface area contributed by atoms with Crippen LogP contribution in [0.2, 0.25) is 0 Å². The number of anilines is 1. The van der Waals surface area contributed by atoms with Crippen LogP contribution in [-0.4, -0.2) is 23.6 Å². The molecular weight excluding hydrogens is 514 g/mol. The minimum Gasteiger partial charge on any atom is -0.336 e. The van der Waals surface area contributed by atoms with Crippen molar-refractivity contribution in [1.82, 2.24) is 9.88 Å². The van der Waals surface area contributed by atoms with E-state index >= 15 is 0 Å². The molecule has 0 radical (unpaired) electrons. The number of carbonyl (C=O) groups is 1. The van der Waals surface area contributed by atoms with Crippen LogP contribution in [0.4, 0.5) is 5.69 Å². The molecule has 0 bridgehead atoms. The number of para-hydroxylation sites is 1. The fourth-order valence-electron chi connectivity index (χ4n) is 6.65. The van der Waals surface area contributed by atoms with Crippen molar-refractivity contribution >= 4 is 22.5 Å². The highest BCUT2D eigenvalue weighted by Crippen LogP contribution is 2.40. The average molecular weight is 556 g/mol. The van der Waals surface area contributed by atoms with Gasteiger partial charge in [0.1, 0.15) is 5.69 Å². The lowest BCUT2D eigenvalue weighted by Gasteiger charge is -2.21. The van der Waals surface area contributed by atoms with Crippen LogP contribution in [0.25, 0.3) is 10.9 Å². The molecule has 1 aliphatic rings. The summed E-state index contributed by atoms with van der Waals surface area (Å²) in [6, 6.07) is 38.1. The zero-order chi connectivity index (χ0) is 28.7. The van der Waals surface area contributed by atoms with Gasteiger partial charge in [0.2, 0.25) is 0 Å². The van der Waals surface area contributed by atoms with Crippen LogP contribution in [-0.2, 0) is 13.0 Å². The molecule has 1 aromatic heterocycles. The first-order valence-corrected chi connectivity index (χ1v) is 15.5. The van der Waals surface area contributed by atoms with Crippen LogP contribution < -0.4 is 10.6 Å². The zero-order valence-electron chi connectivity index (χ0n) is 24.6. The number of hydrogen-bond acceptors (Lipinski definition) is 2. The third kappa shape index (κ3) is 6.05. The van der Waals surface area contributed by atoms with Crippen molar-refractivity contribution in [3.05, 3.63) is 137 Å². The van der Waals surface area contributed by atoms with Gasteiger partial charge in [-0.2, -0.15) is 0 Å². The number of carbonyl (C=O) groups excluding carboxylic acids is 1. The Morgan fingerprint density at radius 1 is 0.881 bits per heavy atom. The number of hydrogen-bond donors (Lipinski definition) is 2. The average Bonchev–Trinajstić information content (AvgIpc) is 3.66. The molecular formula is C38H41N3O. The van der Waals surface area contributed by atoms with E-state index in [1.54, 1.807) is 0 Å². The first kappa shape index (κ1) is 28.0. The van der Waals surface area contributed by atoms with Gasteiger partial charge in [-0.15, -0.1) is 0 Å². The largest absolute Gasteiger partial charge is 0.336 e. The Kier molecular flexibility index (Phi) is 8.81. The lowest BCUT2D eigenvalue weighted by Crippen LogP contribution is -2.21. The van der Waals surface area contributed by atoms with Gasteiger partial charge in [-0.05, 0) is 79.6 Å². The maximum absolute atomic E-state index is 14.5. The molecule has 5 aromatic rings. The number of fused-ring (bicyclic) bond motifs is 1. The normalized spacial score (nSPS) is 15.0. The van der Waals surface area contributed by atoms with E-state index < -0.39 is 0 Å². The van der Waals surface area contributed by atoms with E-state index in [0.717, 1.165) is 73.2 Å². The smallest absolute Gasteiger partial charge is 0.272 e. The van der Waals surface area contributed by atoms with Crippen LogP contribution in [0, 0.1) is 5.92 Å². The van der Waals surface area contributed by atoms with Crippen molar-refractivity contribution < 1.29 is 4.79 Å². The van der Waals surface area contributed by atoms with Gasteiger partial charge in [0, 0.05) is 34.6 Å². The molecule has 42 heavy (non-hydrogen) atoms. The summed E-state index contributed by atoms with van der Waals surface area (Å²) in [5.74, 6) is 0.584. The fraction of sp³-hybridized carbons (Fsp3) is 0.289. The van der Waals surface area contributed by atoms with E-state index in [0.29, 0.717) is 5.92 Å². The Morgan fingerprint density at radius 2 is 1.55 bits per heavy atom. The molecule has 4 aromatic carbocycles. The van der Waals surface area contributed by atoms with Crippen molar-refractivity contribution in [2.24, 2.45) is 5.92 Å². The number of nitrogens with one attached hydrogen (secondary N) is 2. The fourth-order valence-corrected chi connectivity index (χ4v) is 6.65. The van der Waals surface area contributed by atoms with Crippen LogP contribution in [0.15, 0.2) is 109 Å². The van der Waals surface area contributed by atoms with Crippen LogP contribution in [0.5, 0.6) is 0 Å². The molecule has 4 heteroatoms. The molecule has 0 aliphatic carbocycles. The predicted octanol–water partition coefficient (Wildman–Crippen LogP) is 8.42. The number of aromatic nitrogens is 1. The summed E-state index contributed by atoms with van der Waals surface area (Å²) in [6.45, 7) is 5.21. The van der Waals surface area contributed by atoms with Gasteiger partial charge < -0.3 is 15.2 Å². The van der Waals surface area contributed by atoms with Crippen molar-refractivity contribution in [3.63, 3.8) is 0 Å². The summed E-state index contributed by atoms with van der Waals surface area (Å²) in [5.41, 5.74) is 7.44. The van der Waals surface area contributed by atoms with E-state index in [-0.39, 0.29) is 11.8 Å². The highest BCUT2D eigenvalue weighted by atomic mass is 16.2. The quantitative estimate of drug-likeness (QED) is 0.172. The highest BCUT2D eigenvalue weighted by molar-refractivity contribution is 6.09. The SMILES string of the molecule is CCCc1ccc(NC(=O)c2c(C(c3ccccc3)c3ccccc3)c3ccccc3n2CCCC2CCNC2)cc1. The number of nitrogens with zero attached hydrogens (tertiary/aromatic N) is 1. The Bertz CT molecular complexity index is 1560. The molecule has 0 saturated carbocycles. The Balaban J connectivity index is 1.48. The molecule has 1 aliphatic heterocycles. The van der Waals surface area contributed by atoms with Crippen LogP contribution in [0.3, 0.4) is 0 Å². The number of rotatable bonds is 11. The number of aryl methyl sites for hydroxylation is 2. The summed E-state index contributed by atoms with van der Waals surface area (Å²) in [6.07, 6.45) is 5.59. The summed E-state index contributed by atoms with van der Waals surface area (Å²) in [7, 11) is 0. The molecule has 2 N–H and O–H groups in total. The van der Waals surface area contributed by atoms with E-state index in [4.69, 9.17) is 0 Å². The number of amides is 1. The second kappa shape index (κ2) is 13.2. The van der Waals surface area contributed by atoms with Gasteiger partial charge in [-0.3, -0.25) is 4.79 Å². The van der Waals surface area contributed by atoms with Gasteiger partial charge in [0.15, 0.2) is 0 Å². The van der Waals surface area contributed by atoms with Gasteiger partial charge in [0.25, 0.3) is 5.91 Å². The summed E-state index contributed by atoms with van der Waals surface area (Å²) >= 11 is 0. The molecule has 1 atom stereocenters. The summed E-state index contributed by atoms with van der Waals surface area (Å²) < 4.78 is 2.30. The molecule has 1 amide bonds. The molecule has 214 valence electrons. The van der Waals surface area contributed by atoms with Gasteiger partial charge >= 0.3 is 0 Å². The molecule has 0 spiro atoms. The second-order valence-corrected chi connectivity index (χ2v) is 11.6. The number of benzene rings is 4.